The predicted octanol–water partition coefficient (Wildman–Crippen LogP) is 0.352. The van der Waals surface area contributed by atoms with Gasteiger partial charge in [-0.1, -0.05) is 30.3 Å². The van der Waals surface area contributed by atoms with Gasteiger partial charge in [0.1, 0.15) is 12.4 Å². The van der Waals surface area contributed by atoms with Crippen LogP contribution in [-0.2, 0) is 11.3 Å². The van der Waals surface area contributed by atoms with Gasteiger partial charge in [0.2, 0.25) is 5.91 Å². The van der Waals surface area contributed by atoms with E-state index in [9.17, 15) is 9.59 Å². The van der Waals surface area contributed by atoms with Gasteiger partial charge in [-0.25, -0.2) is 18.9 Å². The quantitative estimate of drug-likeness (QED) is 0.750. The fraction of sp³-hybridized carbons (Fsp3) is 0.143. The summed E-state index contributed by atoms with van der Waals surface area (Å²) in [5.41, 5.74) is 6.78. The number of amides is 1. The third-order valence-electron chi connectivity index (χ3n) is 3.11. The molecular weight excluding hydrogens is 270 g/mol. The summed E-state index contributed by atoms with van der Waals surface area (Å²) in [6, 6.07) is 11.3. The number of primary amides is 1. The average Bonchev–Trinajstić information content (AvgIpc) is 2.76. The van der Waals surface area contributed by atoms with E-state index >= 15 is 0 Å². The molecule has 106 valence electrons. The van der Waals surface area contributed by atoms with Gasteiger partial charge < -0.3 is 5.73 Å². The van der Waals surface area contributed by atoms with Crippen molar-refractivity contribution >= 4 is 11.6 Å². The highest BCUT2D eigenvalue weighted by molar-refractivity contribution is 5.73. The molecule has 0 aliphatic heterocycles. The molecule has 7 heteroatoms. The van der Waals surface area contributed by atoms with Crippen LogP contribution in [0.15, 0.2) is 41.2 Å². The summed E-state index contributed by atoms with van der Waals surface area (Å²) in [4.78, 5) is 27.5. The molecule has 0 bridgehead atoms. The lowest BCUT2D eigenvalue weighted by Crippen LogP contribution is -2.29. The number of carbonyl (C=O) groups is 1. The Morgan fingerprint density at radius 3 is 2.67 bits per heavy atom. The lowest BCUT2D eigenvalue weighted by atomic mass is 10.1. The predicted molar refractivity (Wildman–Crippen MR) is 76.6 cm³/mol. The van der Waals surface area contributed by atoms with Crippen LogP contribution in [0.25, 0.3) is 16.9 Å². The first-order valence-corrected chi connectivity index (χ1v) is 6.37. The van der Waals surface area contributed by atoms with Gasteiger partial charge in [-0.2, -0.15) is 0 Å². The van der Waals surface area contributed by atoms with Crippen LogP contribution in [-0.4, -0.2) is 25.1 Å². The van der Waals surface area contributed by atoms with Crippen LogP contribution in [0.3, 0.4) is 0 Å². The number of rotatable bonds is 3. The van der Waals surface area contributed by atoms with Gasteiger partial charge in [-0.15, -0.1) is 5.10 Å². The number of benzene rings is 1. The maximum absolute atomic E-state index is 12.1. The molecule has 0 atom stereocenters. The molecule has 0 radical (unpaired) electrons. The van der Waals surface area contributed by atoms with Crippen LogP contribution in [0.5, 0.6) is 0 Å². The van der Waals surface area contributed by atoms with E-state index in [1.54, 1.807) is 13.0 Å². The van der Waals surface area contributed by atoms with Crippen molar-refractivity contribution in [3.05, 3.63) is 52.7 Å². The first kappa shape index (κ1) is 13.0. The van der Waals surface area contributed by atoms with Gasteiger partial charge in [0, 0.05) is 11.6 Å². The molecule has 1 amide bonds. The molecule has 0 aliphatic rings. The summed E-state index contributed by atoms with van der Waals surface area (Å²) >= 11 is 0. The second kappa shape index (κ2) is 4.86. The maximum atomic E-state index is 12.1. The van der Waals surface area contributed by atoms with E-state index in [1.165, 1.54) is 4.40 Å². The number of aryl methyl sites for hydroxylation is 1. The minimum atomic E-state index is -0.616. The zero-order chi connectivity index (χ0) is 15.0. The minimum Gasteiger partial charge on any atom is -0.368 e. The highest BCUT2D eigenvalue weighted by atomic mass is 16.2. The molecule has 0 unspecified atom stereocenters. The highest BCUT2D eigenvalue weighted by Gasteiger charge is 2.13. The second-order valence-corrected chi connectivity index (χ2v) is 4.65. The smallest absolute Gasteiger partial charge is 0.352 e. The number of aromatic nitrogens is 4. The van der Waals surface area contributed by atoms with Gasteiger partial charge in [0.15, 0.2) is 5.65 Å². The van der Waals surface area contributed by atoms with Crippen molar-refractivity contribution in [1.29, 1.82) is 0 Å². The van der Waals surface area contributed by atoms with E-state index < -0.39 is 11.6 Å². The third kappa shape index (κ3) is 2.29. The van der Waals surface area contributed by atoms with Crippen molar-refractivity contribution in [2.75, 3.05) is 0 Å². The molecule has 7 nitrogen and oxygen atoms in total. The summed E-state index contributed by atoms with van der Waals surface area (Å²) in [5, 5.41) is 4.13. The highest BCUT2D eigenvalue weighted by Crippen LogP contribution is 2.17. The molecule has 2 N–H and O–H groups in total. The Morgan fingerprint density at radius 2 is 2.00 bits per heavy atom. The lowest BCUT2D eigenvalue weighted by Gasteiger charge is -2.03. The number of nitrogens with two attached hydrogens (primary N) is 1. The lowest BCUT2D eigenvalue weighted by molar-refractivity contribution is -0.118. The standard InChI is InChI=1S/C14H13N5O2/c1-9-16-11(10-5-3-2-4-6-10)7-13-17-18(8-12(15)20)14(21)19(9)13/h2-7H,8H2,1H3,(H2,15,20). The fourth-order valence-electron chi connectivity index (χ4n) is 2.21. The Balaban J connectivity index is 2.21. The Kier molecular flexibility index (Phi) is 3.02. The molecule has 2 aromatic heterocycles. The van der Waals surface area contributed by atoms with Crippen molar-refractivity contribution in [2.45, 2.75) is 13.5 Å². The van der Waals surface area contributed by atoms with Gasteiger partial charge >= 0.3 is 5.69 Å². The topological polar surface area (TPSA) is 95.3 Å². The van der Waals surface area contributed by atoms with Crippen molar-refractivity contribution in [1.82, 2.24) is 19.2 Å². The Hall–Kier alpha value is -2.96. The number of carbonyl (C=O) groups excluding carboxylic acids is 1. The molecule has 0 saturated heterocycles. The van der Waals surface area contributed by atoms with Crippen LogP contribution in [0.1, 0.15) is 5.82 Å². The largest absolute Gasteiger partial charge is 0.368 e. The van der Waals surface area contributed by atoms with E-state index in [0.717, 1.165) is 15.9 Å². The summed E-state index contributed by atoms with van der Waals surface area (Å²) in [6.45, 7) is 1.47. The molecule has 0 spiro atoms. The fourth-order valence-corrected chi connectivity index (χ4v) is 2.21. The molecule has 3 aromatic rings. The summed E-state index contributed by atoms with van der Waals surface area (Å²) in [6.07, 6.45) is 0. The zero-order valence-electron chi connectivity index (χ0n) is 11.4. The Morgan fingerprint density at radius 1 is 1.29 bits per heavy atom. The van der Waals surface area contributed by atoms with Gasteiger partial charge in [0.05, 0.1) is 5.69 Å². The molecule has 0 aliphatic carbocycles. The number of hydrogen-bond donors (Lipinski definition) is 1. The first-order valence-electron chi connectivity index (χ1n) is 6.37. The van der Waals surface area contributed by atoms with Gasteiger partial charge in [-0.05, 0) is 6.92 Å². The number of nitrogens with zero attached hydrogens (tertiary/aromatic N) is 4. The average molecular weight is 283 g/mol. The Bertz CT molecular complexity index is 880. The maximum Gasteiger partial charge on any atom is 0.352 e. The minimum absolute atomic E-state index is 0.249. The molecule has 0 fully saturated rings. The van der Waals surface area contributed by atoms with Crippen LogP contribution in [0.4, 0.5) is 0 Å². The third-order valence-corrected chi connectivity index (χ3v) is 3.11. The van der Waals surface area contributed by atoms with Crippen molar-refractivity contribution in [3.8, 4) is 11.3 Å². The van der Waals surface area contributed by atoms with Crippen LogP contribution in [0, 0.1) is 6.92 Å². The zero-order valence-corrected chi connectivity index (χ0v) is 11.4. The van der Waals surface area contributed by atoms with E-state index in [2.05, 4.69) is 10.1 Å². The van der Waals surface area contributed by atoms with E-state index in [1.807, 2.05) is 30.3 Å². The number of hydrogen-bond acceptors (Lipinski definition) is 4. The van der Waals surface area contributed by atoms with Crippen LogP contribution >= 0.6 is 0 Å². The molecule has 2 heterocycles. The second-order valence-electron chi connectivity index (χ2n) is 4.65. The van der Waals surface area contributed by atoms with Crippen LogP contribution < -0.4 is 11.4 Å². The summed E-state index contributed by atoms with van der Waals surface area (Å²) in [5.74, 6) is -0.110. The summed E-state index contributed by atoms with van der Waals surface area (Å²) < 4.78 is 2.40. The molecular formula is C14H13N5O2. The monoisotopic (exact) mass is 283 g/mol. The first-order chi connectivity index (χ1) is 10.1. The molecule has 1 aromatic carbocycles. The van der Waals surface area contributed by atoms with E-state index in [-0.39, 0.29) is 6.54 Å². The normalized spacial score (nSPS) is 10.9. The van der Waals surface area contributed by atoms with Crippen LogP contribution in [0.2, 0.25) is 0 Å². The van der Waals surface area contributed by atoms with Crippen molar-refractivity contribution in [2.24, 2.45) is 5.73 Å². The molecule has 3 rings (SSSR count). The van der Waals surface area contributed by atoms with E-state index in [4.69, 9.17) is 5.73 Å². The summed E-state index contributed by atoms with van der Waals surface area (Å²) in [7, 11) is 0. The van der Waals surface area contributed by atoms with Gasteiger partial charge in [-0.3, -0.25) is 4.79 Å². The van der Waals surface area contributed by atoms with Gasteiger partial charge in [0.25, 0.3) is 0 Å². The van der Waals surface area contributed by atoms with E-state index in [0.29, 0.717) is 11.5 Å². The van der Waals surface area contributed by atoms with Crippen molar-refractivity contribution in [3.63, 3.8) is 0 Å². The Labute approximate surface area is 119 Å². The molecule has 21 heavy (non-hydrogen) atoms. The molecule has 0 saturated carbocycles. The van der Waals surface area contributed by atoms with Crippen molar-refractivity contribution < 1.29 is 4.79 Å². The number of fused-ring (bicyclic) bond motifs is 1. The SMILES string of the molecule is Cc1nc(-c2ccccc2)cc2nn(CC(N)=O)c(=O)n12.